The van der Waals surface area contributed by atoms with Gasteiger partial charge in [0.25, 0.3) is 0 Å². The maximum absolute atomic E-state index is 12.9. The van der Waals surface area contributed by atoms with Crippen molar-refractivity contribution in [2.24, 2.45) is 0 Å². The Morgan fingerprint density at radius 3 is 0.952 bits per heavy atom. The molecule has 1 N–H and O–H groups in total. The minimum Gasteiger partial charge on any atom is -0.462 e. The van der Waals surface area contributed by atoms with E-state index >= 15 is 0 Å². The first-order valence-electron chi connectivity index (χ1n) is 33.9. The first-order chi connectivity index (χ1) is 41.0. The summed E-state index contributed by atoms with van der Waals surface area (Å²) in [5.41, 5.74) is 0. The van der Waals surface area contributed by atoms with Crippen LogP contribution in [0.5, 0.6) is 0 Å². The van der Waals surface area contributed by atoms with E-state index in [0.717, 1.165) is 116 Å². The molecule has 0 aliphatic heterocycles. The number of hydrogen-bond acceptors (Lipinski definition) is 7. The monoisotopic (exact) mass is 1190 g/mol. The van der Waals surface area contributed by atoms with Crippen LogP contribution in [0.2, 0.25) is 0 Å². The fourth-order valence-corrected chi connectivity index (χ4v) is 9.79. The van der Waals surface area contributed by atoms with Crippen molar-refractivity contribution in [3.8, 4) is 0 Å². The second kappa shape index (κ2) is 63.6. The predicted molar refractivity (Wildman–Crippen MR) is 362 cm³/mol. The molecule has 2 unspecified atom stereocenters. The lowest BCUT2D eigenvalue weighted by Gasteiger charge is -2.24. The van der Waals surface area contributed by atoms with Gasteiger partial charge in [-0.1, -0.05) is 282 Å². The van der Waals surface area contributed by atoms with Gasteiger partial charge in [-0.25, -0.2) is 4.57 Å². The van der Waals surface area contributed by atoms with Crippen molar-refractivity contribution in [3.05, 3.63) is 134 Å². The molecule has 480 valence electrons. The number of ether oxygens (including phenoxy) is 2. The average Bonchev–Trinajstić information content (AvgIpc) is 3.61. The third-order valence-electron chi connectivity index (χ3n) is 14.2. The fraction of sp³-hybridized carbons (Fsp3) is 0.676. The molecule has 0 heterocycles. The number of carbonyl (C=O) groups excluding carboxylic acids is 2. The molecule has 0 aliphatic rings. The summed E-state index contributed by atoms with van der Waals surface area (Å²) in [5.74, 6) is -0.804. The van der Waals surface area contributed by atoms with Gasteiger partial charge in [-0.2, -0.15) is 0 Å². The minimum atomic E-state index is -4.40. The maximum Gasteiger partial charge on any atom is 0.472 e. The number of hydrogen-bond donors (Lipinski definition) is 1. The number of unbranched alkanes of at least 4 members (excludes halogenated alkanes) is 25. The first-order valence-corrected chi connectivity index (χ1v) is 35.4. The zero-order valence-electron chi connectivity index (χ0n) is 54.6. The zero-order valence-corrected chi connectivity index (χ0v) is 55.5. The molecular formula is C74H127NO8P+. The van der Waals surface area contributed by atoms with Gasteiger partial charge in [0.15, 0.2) is 6.10 Å². The number of phosphoric acid groups is 1. The van der Waals surface area contributed by atoms with E-state index in [2.05, 4.69) is 148 Å². The number of rotatable bonds is 61. The van der Waals surface area contributed by atoms with Crippen molar-refractivity contribution < 1.29 is 42.1 Å². The maximum atomic E-state index is 12.9. The highest BCUT2D eigenvalue weighted by Gasteiger charge is 2.27. The van der Waals surface area contributed by atoms with Crippen LogP contribution in [0.25, 0.3) is 0 Å². The van der Waals surface area contributed by atoms with Crippen LogP contribution in [0.15, 0.2) is 134 Å². The summed E-state index contributed by atoms with van der Waals surface area (Å²) in [6.07, 6.45) is 92.5. The van der Waals surface area contributed by atoms with Gasteiger partial charge in [-0.15, -0.1) is 0 Å². The van der Waals surface area contributed by atoms with Crippen LogP contribution in [0, 0.1) is 0 Å². The van der Waals surface area contributed by atoms with Gasteiger partial charge >= 0.3 is 19.8 Å². The topological polar surface area (TPSA) is 108 Å². The number of nitrogens with zero attached hydrogens (tertiary/aromatic N) is 1. The zero-order chi connectivity index (χ0) is 61.2. The van der Waals surface area contributed by atoms with Crippen LogP contribution >= 0.6 is 7.82 Å². The summed E-state index contributed by atoms with van der Waals surface area (Å²) in [7, 11) is 1.46. The Kier molecular flexibility index (Phi) is 60.7. The molecule has 9 nitrogen and oxygen atoms in total. The highest BCUT2D eigenvalue weighted by atomic mass is 31.2. The summed E-state index contributed by atoms with van der Waals surface area (Å²) >= 11 is 0. The van der Waals surface area contributed by atoms with Crippen molar-refractivity contribution in [1.82, 2.24) is 0 Å². The van der Waals surface area contributed by atoms with Crippen LogP contribution in [0.1, 0.15) is 271 Å². The lowest BCUT2D eigenvalue weighted by Crippen LogP contribution is -2.37. The lowest BCUT2D eigenvalue weighted by molar-refractivity contribution is -0.870. The molecule has 0 aromatic carbocycles. The molecule has 0 saturated heterocycles. The largest absolute Gasteiger partial charge is 0.472 e. The van der Waals surface area contributed by atoms with E-state index in [1.807, 2.05) is 21.1 Å². The van der Waals surface area contributed by atoms with Crippen LogP contribution in [-0.4, -0.2) is 74.9 Å². The molecular weight excluding hydrogens is 1060 g/mol. The molecule has 0 bridgehead atoms. The Bertz CT molecular complexity index is 1880. The number of phosphoric ester groups is 1. The number of allylic oxidation sites excluding steroid dienone is 22. The van der Waals surface area contributed by atoms with Gasteiger partial charge in [0, 0.05) is 12.8 Å². The molecule has 2 atom stereocenters. The Labute approximate surface area is 517 Å². The van der Waals surface area contributed by atoms with Gasteiger partial charge in [-0.05, 0) is 109 Å². The van der Waals surface area contributed by atoms with Crippen molar-refractivity contribution in [2.75, 3.05) is 47.5 Å². The van der Waals surface area contributed by atoms with E-state index in [1.54, 1.807) is 0 Å². The fourth-order valence-electron chi connectivity index (χ4n) is 9.05. The SMILES string of the molecule is CC/C=C\C/C=C\C/C=C\C/C=C\C/C=C\C/C=C\CCCCCCCCCCCCC(=O)OC(COC(=O)CCCCCCCCCCCCCCCCC/C=C\C/C=C\C/C=C\C/C=C\C/C=C\CC)COP(=O)(O)OCC[N+](C)(C)C. The quantitative estimate of drug-likeness (QED) is 0.0211. The normalized spacial score (nSPS) is 14.0. The summed E-state index contributed by atoms with van der Waals surface area (Å²) in [4.78, 5) is 35.9. The van der Waals surface area contributed by atoms with Gasteiger partial charge in [0.05, 0.1) is 27.7 Å². The molecule has 0 radical (unpaired) electrons. The Morgan fingerprint density at radius 1 is 0.369 bits per heavy atom. The molecule has 0 fully saturated rings. The van der Waals surface area contributed by atoms with Crippen LogP contribution in [0.4, 0.5) is 0 Å². The van der Waals surface area contributed by atoms with E-state index in [9.17, 15) is 19.0 Å². The highest BCUT2D eigenvalue weighted by molar-refractivity contribution is 7.47. The second-order valence-electron chi connectivity index (χ2n) is 23.4. The van der Waals surface area contributed by atoms with Gasteiger partial charge in [0.2, 0.25) is 0 Å². The standard InChI is InChI=1S/C74H126NO8P/c1-6-8-10-12-14-16-18-20-22-24-26-28-30-32-34-36-37-39-40-42-44-46-48-50-52-54-56-58-60-62-64-66-73(76)80-70-72(71-82-84(78,79)81-69-68-75(3,4)5)83-74(77)67-65-63-61-59-57-55-53-51-49-47-45-43-41-38-35-33-31-29-27-25-23-21-19-17-15-13-11-9-7-2/h8-11,14-17,20-23,26-29,32-35,41,43,72H,6-7,12-13,18-19,24-25,30-31,36-40,42,44-71H2,1-5H3/p+1/b10-8-,11-9-,16-14-,17-15-,22-20-,23-21-,28-26-,29-27-,34-32-,35-33-,43-41-. The Balaban J connectivity index is 4.10. The van der Waals surface area contributed by atoms with Crippen LogP contribution in [-0.2, 0) is 32.7 Å². The van der Waals surface area contributed by atoms with Gasteiger partial charge < -0.3 is 18.9 Å². The Morgan fingerprint density at radius 2 is 0.643 bits per heavy atom. The van der Waals surface area contributed by atoms with E-state index in [4.69, 9.17) is 18.5 Å². The first kappa shape index (κ1) is 80.2. The van der Waals surface area contributed by atoms with Crippen molar-refractivity contribution in [1.29, 1.82) is 0 Å². The molecule has 0 spiro atoms. The minimum absolute atomic E-state index is 0.0252. The number of esters is 2. The lowest BCUT2D eigenvalue weighted by atomic mass is 10.0. The van der Waals surface area contributed by atoms with Gasteiger partial charge in [-0.3, -0.25) is 18.6 Å². The summed E-state index contributed by atoms with van der Waals surface area (Å²) in [5, 5.41) is 0. The van der Waals surface area contributed by atoms with Crippen molar-refractivity contribution in [3.63, 3.8) is 0 Å². The number of likely N-dealkylation sites (N-methyl/N-ethyl adjacent to an activating group) is 1. The van der Waals surface area contributed by atoms with Crippen LogP contribution in [0.3, 0.4) is 0 Å². The molecule has 0 amide bonds. The molecule has 0 aromatic rings. The van der Waals surface area contributed by atoms with E-state index in [0.29, 0.717) is 17.4 Å². The van der Waals surface area contributed by atoms with Crippen molar-refractivity contribution in [2.45, 2.75) is 277 Å². The van der Waals surface area contributed by atoms with Gasteiger partial charge in [0.1, 0.15) is 19.8 Å². The van der Waals surface area contributed by atoms with Crippen molar-refractivity contribution >= 4 is 19.8 Å². The summed E-state index contributed by atoms with van der Waals surface area (Å²) < 4.78 is 34.7. The second-order valence-corrected chi connectivity index (χ2v) is 24.9. The highest BCUT2D eigenvalue weighted by Crippen LogP contribution is 2.43. The smallest absolute Gasteiger partial charge is 0.462 e. The van der Waals surface area contributed by atoms with E-state index < -0.39 is 26.5 Å². The number of quaternary nitrogens is 1. The predicted octanol–water partition coefficient (Wildman–Crippen LogP) is 22.0. The summed E-state index contributed by atoms with van der Waals surface area (Å²) in [6.45, 7) is 4.21. The average molecular weight is 1190 g/mol. The molecule has 0 aromatic heterocycles. The van der Waals surface area contributed by atoms with E-state index in [-0.39, 0.29) is 32.0 Å². The molecule has 0 aliphatic carbocycles. The molecule has 84 heavy (non-hydrogen) atoms. The Hall–Kier alpha value is -3.85. The third kappa shape index (κ3) is 67.3. The number of carbonyl (C=O) groups is 2. The third-order valence-corrected chi connectivity index (χ3v) is 15.2. The molecule has 10 heteroatoms. The van der Waals surface area contributed by atoms with E-state index in [1.165, 1.54) is 122 Å². The summed E-state index contributed by atoms with van der Waals surface area (Å²) in [6, 6.07) is 0. The molecule has 0 rings (SSSR count). The van der Waals surface area contributed by atoms with Crippen LogP contribution < -0.4 is 0 Å². The molecule has 0 saturated carbocycles.